The lowest BCUT2D eigenvalue weighted by atomic mass is 10.1. The Morgan fingerprint density at radius 1 is 1.40 bits per heavy atom. The number of amides is 1. The molecule has 0 spiro atoms. The fraction of sp³-hybridized carbons (Fsp3) is 0.333. The van der Waals surface area contributed by atoms with Gasteiger partial charge in [-0.05, 0) is 12.1 Å². The van der Waals surface area contributed by atoms with Crippen molar-refractivity contribution in [3.63, 3.8) is 0 Å². The summed E-state index contributed by atoms with van der Waals surface area (Å²) < 4.78 is 0. The van der Waals surface area contributed by atoms with Gasteiger partial charge in [0.1, 0.15) is 11.5 Å². The second kappa shape index (κ2) is 6.11. The van der Waals surface area contributed by atoms with Crippen LogP contribution >= 0.6 is 0 Å². The fourth-order valence-electron chi connectivity index (χ4n) is 2.01. The molecule has 1 amide bonds. The second-order valence-electron chi connectivity index (χ2n) is 4.38. The average molecular weight is 276 g/mol. The van der Waals surface area contributed by atoms with Crippen molar-refractivity contribution in [3.8, 4) is 0 Å². The van der Waals surface area contributed by atoms with Gasteiger partial charge in [-0.2, -0.15) is 5.10 Å². The van der Waals surface area contributed by atoms with Crippen LogP contribution in [0.15, 0.2) is 23.4 Å². The molecule has 0 aromatic carbocycles. The number of ketones is 1. The molecule has 1 aliphatic heterocycles. The first kappa shape index (κ1) is 13.9. The van der Waals surface area contributed by atoms with Crippen LogP contribution < -0.4 is 17.1 Å². The summed E-state index contributed by atoms with van der Waals surface area (Å²) in [5.74, 6) is 10.7. The molecule has 0 aliphatic carbocycles. The van der Waals surface area contributed by atoms with E-state index in [1.165, 1.54) is 6.20 Å². The Morgan fingerprint density at radius 3 is 2.70 bits per heavy atom. The van der Waals surface area contributed by atoms with Crippen molar-refractivity contribution >= 4 is 17.5 Å². The highest BCUT2D eigenvalue weighted by molar-refractivity contribution is 6.00. The lowest BCUT2D eigenvalue weighted by Gasteiger charge is -2.26. The number of likely N-dealkylation sites (tertiary alicyclic amines) is 1. The Kier molecular flexibility index (Phi) is 4.26. The van der Waals surface area contributed by atoms with Gasteiger partial charge >= 0.3 is 0 Å². The van der Waals surface area contributed by atoms with Crippen LogP contribution in [0.1, 0.15) is 28.9 Å². The van der Waals surface area contributed by atoms with Crippen molar-refractivity contribution in [1.82, 2.24) is 15.3 Å². The number of hydrogen-bond acceptors (Lipinski definition) is 6. The summed E-state index contributed by atoms with van der Waals surface area (Å²) in [5, 5.41) is 3.45. The number of hydrogen-bond donors (Lipinski definition) is 3. The minimum atomic E-state index is -0.144. The molecule has 1 aromatic rings. The van der Waals surface area contributed by atoms with Crippen molar-refractivity contribution in [3.05, 3.63) is 29.6 Å². The Morgan fingerprint density at radius 2 is 2.10 bits per heavy atom. The van der Waals surface area contributed by atoms with E-state index >= 15 is 0 Å². The lowest BCUT2D eigenvalue weighted by Crippen LogP contribution is -2.39. The molecule has 8 heteroatoms. The van der Waals surface area contributed by atoms with Crippen molar-refractivity contribution in [2.45, 2.75) is 12.8 Å². The van der Waals surface area contributed by atoms with Crippen LogP contribution in [0.25, 0.3) is 0 Å². The first-order valence-electron chi connectivity index (χ1n) is 6.17. The van der Waals surface area contributed by atoms with Crippen LogP contribution in [0.4, 0.5) is 0 Å². The fourth-order valence-corrected chi connectivity index (χ4v) is 2.01. The molecular weight excluding hydrogens is 260 g/mol. The maximum absolute atomic E-state index is 12.3. The molecule has 0 bridgehead atoms. The predicted molar refractivity (Wildman–Crippen MR) is 72.4 cm³/mol. The molecule has 0 unspecified atom stereocenters. The van der Waals surface area contributed by atoms with Crippen molar-refractivity contribution < 1.29 is 9.59 Å². The number of nitrogens with zero attached hydrogens (tertiary/aromatic N) is 3. The number of Topliss-reactive ketones (excluding diaryl/α,β-unsaturated/α-hetero) is 1. The lowest BCUT2D eigenvalue weighted by molar-refractivity contribution is -0.120. The monoisotopic (exact) mass is 276 g/mol. The molecule has 1 fully saturated rings. The summed E-state index contributed by atoms with van der Waals surface area (Å²) in [6.07, 6.45) is 2.30. The average Bonchev–Trinajstić information content (AvgIpc) is 2.49. The third kappa shape index (κ3) is 2.91. The standard InChI is InChI=1S/C12H16N6O2/c13-16-11(17-14)10-7-8(1-4-15-10)12(20)18-5-2-9(19)3-6-18/h1,4,7H,2-3,5-6,13-14H2,(H,16,17). The highest BCUT2D eigenvalue weighted by atomic mass is 16.2. The van der Waals surface area contributed by atoms with Gasteiger partial charge in [0, 0.05) is 37.7 Å². The number of nitrogens with one attached hydrogen (secondary N) is 1. The number of amidine groups is 1. The molecule has 1 aromatic heterocycles. The Hall–Kier alpha value is -2.48. The molecule has 1 saturated heterocycles. The van der Waals surface area contributed by atoms with Gasteiger partial charge in [-0.1, -0.05) is 0 Å². The second-order valence-corrected chi connectivity index (χ2v) is 4.38. The van der Waals surface area contributed by atoms with Crippen LogP contribution in [-0.4, -0.2) is 40.5 Å². The van der Waals surface area contributed by atoms with Gasteiger partial charge in [-0.3, -0.25) is 14.6 Å². The van der Waals surface area contributed by atoms with Gasteiger partial charge in [0.25, 0.3) is 5.91 Å². The van der Waals surface area contributed by atoms with Crippen LogP contribution in [0.3, 0.4) is 0 Å². The number of piperidine rings is 1. The predicted octanol–water partition coefficient (Wildman–Crippen LogP) is -1.03. The first-order chi connectivity index (χ1) is 9.65. The van der Waals surface area contributed by atoms with E-state index in [9.17, 15) is 9.59 Å². The largest absolute Gasteiger partial charge is 0.338 e. The number of pyridine rings is 1. The number of aromatic nitrogens is 1. The normalized spacial score (nSPS) is 16.1. The van der Waals surface area contributed by atoms with Gasteiger partial charge in [0.05, 0.1) is 0 Å². The van der Waals surface area contributed by atoms with E-state index in [1.807, 2.05) is 0 Å². The van der Waals surface area contributed by atoms with Crippen LogP contribution in [0.5, 0.6) is 0 Å². The molecule has 20 heavy (non-hydrogen) atoms. The number of carbonyl (C=O) groups excluding carboxylic acids is 2. The summed E-state index contributed by atoms with van der Waals surface area (Å²) in [6.45, 7) is 0.893. The third-order valence-electron chi connectivity index (χ3n) is 3.12. The molecule has 0 radical (unpaired) electrons. The summed E-state index contributed by atoms with van der Waals surface area (Å²) in [7, 11) is 0. The SMILES string of the molecule is N/N=C(\NN)c1cc(C(=O)N2CCC(=O)CC2)ccn1. The minimum absolute atomic E-state index is 0.144. The van der Waals surface area contributed by atoms with E-state index in [4.69, 9.17) is 11.7 Å². The molecule has 5 N–H and O–H groups in total. The summed E-state index contributed by atoms with van der Waals surface area (Å²) in [5.41, 5.74) is 3.15. The number of rotatable bonds is 2. The number of hydrazine groups is 1. The van der Waals surface area contributed by atoms with Crippen LogP contribution in [0.2, 0.25) is 0 Å². The quantitative estimate of drug-likeness (QED) is 0.274. The van der Waals surface area contributed by atoms with E-state index < -0.39 is 0 Å². The highest BCUT2D eigenvalue weighted by Gasteiger charge is 2.22. The third-order valence-corrected chi connectivity index (χ3v) is 3.12. The van der Waals surface area contributed by atoms with Crippen molar-refractivity contribution in [1.29, 1.82) is 0 Å². The topological polar surface area (TPSA) is 127 Å². The Labute approximate surface area is 115 Å². The molecule has 8 nitrogen and oxygen atoms in total. The maximum atomic E-state index is 12.3. The maximum Gasteiger partial charge on any atom is 0.254 e. The van der Waals surface area contributed by atoms with E-state index in [0.717, 1.165) is 0 Å². The Bertz CT molecular complexity index is 547. The minimum Gasteiger partial charge on any atom is -0.338 e. The van der Waals surface area contributed by atoms with Gasteiger partial charge in [0.2, 0.25) is 0 Å². The van der Waals surface area contributed by atoms with E-state index in [-0.39, 0.29) is 17.5 Å². The molecule has 106 valence electrons. The number of hydrazone groups is 1. The van der Waals surface area contributed by atoms with E-state index in [1.54, 1.807) is 17.0 Å². The summed E-state index contributed by atoms with van der Waals surface area (Å²) in [6, 6.07) is 3.16. The van der Waals surface area contributed by atoms with Gasteiger partial charge < -0.3 is 16.2 Å². The zero-order valence-electron chi connectivity index (χ0n) is 10.9. The van der Waals surface area contributed by atoms with Crippen LogP contribution in [-0.2, 0) is 4.79 Å². The Balaban J connectivity index is 2.18. The van der Waals surface area contributed by atoms with Crippen molar-refractivity contribution in [2.24, 2.45) is 16.8 Å². The summed E-state index contributed by atoms with van der Waals surface area (Å²) in [4.78, 5) is 29.2. The van der Waals surface area contributed by atoms with E-state index in [2.05, 4.69) is 15.5 Å². The van der Waals surface area contributed by atoms with Gasteiger partial charge in [0.15, 0.2) is 5.84 Å². The molecule has 2 heterocycles. The molecule has 0 atom stereocenters. The smallest absolute Gasteiger partial charge is 0.254 e. The number of nitrogens with two attached hydrogens (primary N) is 2. The molecule has 2 rings (SSSR count). The molecule has 1 aliphatic rings. The van der Waals surface area contributed by atoms with Crippen LogP contribution in [0, 0.1) is 0 Å². The van der Waals surface area contributed by atoms with Gasteiger partial charge in [-0.25, -0.2) is 5.84 Å². The zero-order chi connectivity index (χ0) is 14.5. The molecule has 0 saturated carbocycles. The number of carbonyl (C=O) groups is 2. The van der Waals surface area contributed by atoms with Crippen molar-refractivity contribution in [2.75, 3.05) is 13.1 Å². The molecular formula is C12H16N6O2. The van der Waals surface area contributed by atoms with E-state index in [0.29, 0.717) is 37.2 Å². The zero-order valence-corrected chi connectivity index (χ0v) is 10.9. The summed E-state index contributed by atoms with van der Waals surface area (Å²) >= 11 is 0. The van der Waals surface area contributed by atoms with Gasteiger partial charge in [-0.15, -0.1) is 0 Å². The highest BCUT2D eigenvalue weighted by Crippen LogP contribution is 2.12. The first-order valence-corrected chi connectivity index (χ1v) is 6.17.